The summed E-state index contributed by atoms with van der Waals surface area (Å²) in [6.07, 6.45) is 0. The molecular formula is C114H72Br12N6. The number of anilines is 18. The molecule has 0 aromatic heterocycles. The van der Waals surface area contributed by atoms with E-state index in [4.69, 9.17) is 0 Å². The molecule has 0 spiro atoms. The zero-order valence-electron chi connectivity index (χ0n) is 69.8. The molecule has 0 aliphatic heterocycles. The summed E-state index contributed by atoms with van der Waals surface area (Å²) in [6, 6.07) is 158. The fraction of sp³-hybridized carbons (Fsp3) is 0. The number of rotatable bonds is 24. The fourth-order valence-electron chi connectivity index (χ4n) is 16.9. The lowest BCUT2D eigenvalue weighted by Crippen LogP contribution is -2.11. The van der Waals surface area contributed by atoms with Gasteiger partial charge in [0.1, 0.15) is 0 Å². The molecule has 0 aliphatic carbocycles. The van der Waals surface area contributed by atoms with Crippen LogP contribution in [0.5, 0.6) is 0 Å². The van der Waals surface area contributed by atoms with Gasteiger partial charge in [0.15, 0.2) is 0 Å². The summed E-state index contributed by atoms with van der Waals surface area (Å²) in [5.41, 5.74) is 29.7. The number of benzene rings is 19. The molecule has 0 saturated heterocycles. The van der Waals surface area contributed by atoms with E-state index in [-0.39, 0.29) is 0 Å². The summed E-state index contributed by atoms with van der Waals surface area (Å²) in [4.78, 5) is 14.0. The van der Waals surface area contributed by atoms with Gasteiger partial charge in [-0.05, 0) is 431 Å². The second-order valence-electron chi connectivity index (χ2n) is 31.3. The molecule has 0 fully saturated rings. The Hall–Kier alpha value is -10.3. The Bertz CT molecular complexity index is 5830. The van der Waals surface area contributed by atoms with Crippen molar-refractivity contribution < 1.29 is 0 Å². The molecule has 19 rings (SSSR count). The predicted octanol–water partition coefficient (Wildman–Crippen LogP) is 41.7. The summed E-state index contributed by atoms with van der Waals surface area (Å²) in [7, 11) is 0. The molecule has 0 aliphatic rings. The van der Waals surface area contributed by atoms with Crippen molar-refractivity contribution >= 4 is 294 Å². The predicted molar refractivity (Wildman–Crippen MR) is 600 cm³/mol. The van der Waals surface area contributed by atoms with Crippen LogP contribution in [0.3, 0.4) is 0 Å². The van der Waals surface area contributed by atoms with Crippen LogP contribution in [0.1, 0.15) is 0 Å². The van der Waals surface area contributed by atoms with Gasteiger partial charge in [-0.1, -0.05) is 264 Å². The van der Waals surface area contributed by atoms with E-state index in [2.05, 4.69) is 657 Å². The van der Waals surface area contributed by atoms with Gasteiger partial charge in [-0.25, -0.2) is 0 Å². The highest BCUT2D eigenvalue weighted by atomic mass is 79.9. The molecular weight excluding hydrogens is 2410 g/mol. The normalized spacial score (nSPS) is 11.2. The zero-order chi connectivity index (χ0) is 90.6. The molecule has 18 heteroatoms. The van der Waals surface area contributed by atoms with Gasteiger partial charge in [0.25, 0.3) is 0 Å². The van der Waals surface area contributed by atoms with Crippen LogP contribution >= 0.6 is 191 Å². The minimum absolute atomic E-state index is 0.966. The number of halogens is 12. The number of nitrogens with zero attached hydrogens (tertiary/aromatic N) is 6. The maximum Gasteiger partial charge on any atom is 0.0462 e. The molecule has 19 aromatic carbocycles. The molecule has 0 saturated carbocycles. The Labute approximate surface area is 869 Å². The highest BCUT2D eigenvalue weighted by molar-refractivity contribution is 9.12. The third-order valence-corrected chi connectivity index (χ3v) is 29.3. The monoisotopic (exact) mass is 2470 g/mol. The Morgan fingerprint density at radius 1 is 0.0833 bits per heavy atom. The van der Waals surface area contributed by atoms with Crippen LogP contribution in [-0.2, 0) is 0 Å². The fourth-order valence-corrected chi connectivity index (χ4v) is 20.1. The molecule has 0 bridgehead atoms. The standard InChI is InChI=1S/C114H72Br12N6/c115-79-13-49-97(50-14-79)127(98-51-15-80(116)16-52-98)91-37-1-73(2-38-91)109-110(74-3-39-92(40-4-74)128(99-53-17-81(117)18-54-99)100-55-19-82(118)20-56-100)112(76-7-43-94(44-8-76)130(103-61-25-85(121)26-62-103)104-63-27-86(122)28-64-104)114(78-11-47-96(48-12-78)132(107-69-33-89(125)34-70-107)108-71-35-90(126)36-72-108)113(77-9-45-95(46-10-77)131(105-65-29-87(123)30-66-105)106-67-31-88(124)32-68-106)111(109)75-5-41-93(42-6-75)129(101-57-21-83(119)22-58-101)102-59-23-84(120)24-60-102/h1-72H. The lowest BCUT2D eigenvalue weighted by molar-refractivity contribution is 1.27. The van der Waals surface area contributed by atoms with Gasteiger partial charge in [-0.15, -0.1) is 0 Å². The molecule has 0 heterocycles. The van der Waals surface area contributed by atoms with E-state index >= 15 is 0 Å². The Morgan fingerprint density at radius 3 is 0.212 bits per heavy atom. The van der Waals surface area contributed by atoms with Gasteiger partial charge < -0.3 is 29.4 Å². The van der Waals surface area contributed by atoms with Gasteiger partial charge in [-0.2, -0.15) is 0 Å². The van der Waals surface area contributed by atoms with Crippen LogP contribution in [0.25, 0.3) is 66.8 Å². The second kappa shape index (κ2) is 40.9. The van der Waals surface area contributed by atoms with Crippen LogP contribution in [0.2, 0.25) is 0 Å². The van der Waals surface area contributed by atoms with Crippen molar-refractivity contribution in [1.82, 2.24) is 0 Å². The molecule has 0 unspecified atom stereocenters. The van der Waals surface area contributed by atoms with E-state index in [9.17, 15) is 0 Å². The quantitative estimate of drug-likeness (QED) is 0.0596. The maximum absolute atomic E-state index is 3.79. The second-order valence-corrected chi connectivity index (χ2v) is 42.2. The molecule has 6 nitrogen and oxygen atoms in total. The Balaban J connectivity index is 0.969. The van der Waals surface area contributed by atoms with Crippen molar-refractivity contribution in [2.75, 3.05) is 29.4 Å². The van der Waals surface area contributed by atoms with E-state index in [1.807, 2.05) is 0 Å². The smallest absolute Gasteiger partial charge is 0.0462 e. The highest BCUT2D eigenvalue weighted by Crippen LogP contribution is 2.59. The maximum atomic E-state index is 3.79. The van der Waals surface area contributed by atoms with E-state index < -0.39 is 0 Å². The first-order valence-corrected chi connectivity index (χ1v) is 51.6. The van der Waals surface area contributed by atoms with Crippen molar-refractivity contribution in [3.63, 3.8) is 0 Å². The minimum atomic E-state index is 0.966. The topological polar surface area (TPSA) is 19.4 Å². The van der Waals surface area contributed by atoms with Crippen molar-refractivity contribution in [1.29, 1.82) is 0 Å². The van der Waals surface area contributed by atoms with Gasteiger partial charge in [0.05, 0.1) is 0 Å². The molecule has 0 N–H and O–H groups in total. The Morgan fingerprint density at radius 2 is 0.144 bits per heavy atom. The first-order chi connectivity index (χ1) is 64.3. The third-order valence-electron chi connectivity index (χ3n) is 23.0. The summed E-state index contributed by atoms with van der Waals surface area (Å²) < 4.78 is 11.8. The summed E-state index contributed by atoms with van der Waals surface area (Å²) in [5, 5.41) is 0. The average Bonchev–Trinajstić information content (AvgIpc) is 0.709. The first-order valence-electron chi connectivity index (χ1n) is 42.1. The van der Waals surface area contributed by atoms with Crippen LogP contribution < -0.4 is 29.4 Å². The van der Waals surface area contributed by atoms with Gasteiger partial charge in [-0.3, -0.25) is 0 Å². The molecule has 642 valence electrons. The number of hydrogen-bond donors (Lipinski definition) is 0. The number of hydrogen-bond acceptors (Lipinski definition) is 6. The lowest BCUT2D eigenvalue weighted by atomic mass is 9.74. The van der Waals surface area contributed by atoms with E-state index in [0.717, 1.165) is 223 Å². The van der Waals surface area contributed by atoms with Gasteiger partial charge >= 0.3 is 0 Å². The summed E-state index contributed by atoms with van der Waals surface area (Å²) >= 11 is 45.5. The largest absolute Gasteiger partial charge is 0.311 e. The highest BCUT2D eigenvalue weighted by Gasteiger charge is 2.32. The van der Waals surface area contributed by atoms with E-state index in [0.29, 0.717) is 0 Å². The van der Waals surface area contributed by atoms with Crippen molar-refractivity contribution in [3.05, 3.63) is 490 Å². The van der Waals surface area contributed by atoms with Crippen LogP contribution in [0, 0.1) is 0 Å². The van der Waals surface area contributed by atoms with Crippen molar-refractivity contribution in [2.45, 2.75) is 0 Å². The van der Waals surface area contributed by atoms with Crippen LogP contribution in [0.4, 0.5) is 102 Å². The van der Waals surface area contributed by atoms with E-state index in [1.54, 1.807) is 0 Å². The molecule has 19 aromatic rings. The van der Waals surface area contributed by atoms with Crippen LogP contribution in [0.15, 0.2) is 490 Å². The lowest BCUT2D eigenvalue weighted by Gasteiger charge is -2.31. The Kier molecular flexibility index (Phi) is 28.2. The first kappa shape index (κ1) is 90.9. The average molecular weight is 2480 g/mol. The van der Waals surface area contributed by atoms with E-state index in [1.165, 1.54) is 0 Å². The summed E-state index contributed by atoms with van der Waals surface area (Å²) in [6.45, 7) is 0. The SMILES string of the molecule is Brc1ccc(N(c2ccc(Br)cc2)c2ccc(-c3c(-c4ccc(N(c5ccc(Br)cc5)c5ccc(Br)cc5)cc4)c(-c4ccc(N(c5ccc(Br)cc5)c5ccc(Br)cc5)cc4)c(-c4ccc(N(c5ccc(Br)cc5)c5ccc(Br)cc5)cc4)c(-c4ccc(N(c5ccc(Br)cc5)c5ccc(Br)cc5)cc4)c3-c3ccc(N(c4ccc(Br)cc4)c4ccc(Br)cc4)cc3)cc2)cc1. The minimum Gasteiger partial charge on any atom is -0.311 e. The van der Waals surface area contributed by atoms with Crippen molar-refractivity contribution in [2.24, 2.45) is 0 Å². The van der Waals surface area contributed by atoms with Gasteiger partial charge in [0, 0.05) is 156 Å². The molecule has 0 radical (unpaired) electrons. The van der Waals surface area contributed by atoms with Crippen molar-refractivity contribution in [3.8, 4) is 66.8 Å². The zero-order valence-corrected chi connectivity index (χ0v) is 88.8. The molecule has 0 amide bonds. The summed E-state index contributed by atoms with van der Waals surface area (Å²) in [5.74, 6) is 0. The third kappa shape index (κ3) is 20.1. The van der Waals surface area contributed by atoms with Crippen LogP contribution in [-0.4, -0.2) is 0 Å². The molecule has 0 atom stereocenters. The molecule has 132 heavy (non-hydrogen) atoms. The van der Waals surface area contributed by atoms with Gasteiger partial charge in [0.2, 0.25) is 0 Å².